The Morgan fingerprint density at radius 1 is 1.00 bits per heavy atom. The third-order valence-electron chi connectivity index (χ3n) is 5.55. The second-order valence-corrected chi connectivity index (χ2v) is 8.57. The van der Waals surface area contributed by atoms with Crippen molar-refractivity contribution < 1.29 is 14.0 Å². The number of carbonyl (C=O) groups is 2. The van der Waals surface area contributed by atoms with Crippen molar-refractivity contribution in [2.45, 2.75) is 33.7 Å². The quantitative estimate of drug-likeness (QED) is 0.412. The first kappa shape index (κ1) is 23.0. The smallest absolute Gasteiger partial charge is 0.290 e. The van der Waals surface area contributed by atoms with Crippen molar-refractivity contribution in [3.63, 3.8) is 0 Å². The number of aryl methyl sites for hydroxylation is 2. The van der Waals surface area contributed by atoms with Gasteiger partial charge in [0, 0.05) is 23.5 Å². The number of imidazole rings is 1. The summed E-state index contributed by atoms with van der Waals surface area (Å²) in [5.41, 5.74) is 4.86. The molecule has 4 aromatic rings. The van der Waals surface area contributed by atoms with Crippen LogP contribution in [0.1, 0.15) is 35.5 Å². The predicted octanol–water partition coefficient (Wildman–Crippen LogP) is 5.24. The molecule has 4 rings (SSSR count). The van der Waals surface area contributed by atoms with Gasteiger partial charge in [-0.25, -0.2) is 4.98 Å². The molecule has 2 aromatic heterocycles. The fraction of sp³-hybridized carbons (Fsp3) is 0.222. The minimum atomic E-state index is -0.344. The van der Waals surface area contributed by atoms with Gasteiger partial charge in [-0.05, 0) is 52.0 Å². The second-order valence-electron chi connectivity index (χ2n) is 8.57. The normalized spacial score (nSPS) is 11.0. The van der Waals surface area contributed by atoms with Crippen molar-refractivity contribution in [2.75, 3.05) is 11.9 Å². The molecule has 174 valence electrons. The lowest BCUT2D eigenvalue weighted by Gasteiger charge is -2.25. The first-order valence-corrected chi connectivity index (χ1v) is 11.2. The van der Waals surface area contributed by atoms with Crippen LogP contribution in [-0.2, 0) is 4.79 Å². The van der Waals surface area contributed by atoms with Crippen LogP contribution in [0.4, 0.5) is 5.95 Å². The number of carbonyl (C=O) groups excluding carboxylic acids is 2. The van der Waals surface area contributed by atoms with E-state index >= 15 is 0 Å². The molecule has 0 aliphatic rings. The number of amides is 2. The van der Waals surface area contributed by atoms with Crippen LogP contribution in [0.2, 0.25) is 0 Å². The predicted molar refractivity (Wildman–Crippen MR) is 132 cm³/mol. The standard InChI is InChI=1S/C27H28N4O3/c1-18(2)30(26(33)24-6-5-15-34-24)17-25(32)29-27-28-23(21-11-7-19(3)8-12-21)16-31(27)22-13-9-20(4)10-14-22/h5-16,18H,17H2,1-4H3,(H,28,29,32). The molecule has 34 heavy (non-hydrogen) atoms. The maximum atomic E-state index is 13.0. The molecule has 1 N–H and O–H groups in total. The summed E-state index contributed by atoms with van der Waals surface area (Å²) in [5, 5.41) is 2.90. The molecular formula is C27H28N4O3. The van der Waals surface area contributed by atoms with Gasteiger partial charge in [0.2, 0.25) is 11.9 Å². The Morgan fingerprint density at radius 2 is 1.65 bits per heavy atom. The summed E-state index contributed by atoms with van der Waals surface area (Å²) < 4.78 is 7.08. The molecular weight excluding hydrogens is 428 g/mol. The van der Waals surface area contributed by atoms with E-state index in [0.717, 1.165) is 28.1 Å². The highest BCUT2D eigenvalue weighted by atomic mass is 16.3. The van der Waals surface area contributed by atoms with Crippen LogP contribution in [-0.4, -0.2) is 38.9 Å². The number of furan rings is 1. The Balaban J connectivity index is 1.62. The molecule has 0 fully saturated rings. The van der Waals surface area contributed by atoms with Crippen molar-refractivity contribution in [3.05, 3.63) is 90.0 Å². The van der Waals surface area contributed by atoms with E-state index in [0.29, 0.717) is 5.95 Å². The third kappa shape index (κ3) is 5.09. The highest BCUT2D eigenvalue weighted by Gasteiger charge is 2.24. The zero-order chi connectivity index (χ0) is 24.2. The van der Waals surface area contributed by atoms with Crippen molar-refractivity contribution in [2.24, 2.45) is 0 Å². The van der Waals surface area contributed by atoms with Crippen molar-refractivity contribution in [1.29, 1.82) is 0 Å². The van der Waals surface area contributed by atoms with Crippen LogP contribution in [0.3, 0.4) is 0 Å². The third-order valence-corrected chi connectivity index (χ3v) is 5.55. The van der Waals surface area contributed by atoms with Crippen molar-refractivity contribution >= 4 is 17.8 Å². The lowest BCUT2D eigenvalue weighted by Crippen LogP contribution is -2.42. The summed E-state index contributed by atoms with van der Waals surface area (Å²) in [6.45, 7) is 7.64. The second kappa shape index (κ2) is 9.79. The Hall–Kier alpha value is -4.13. The van der Waals surface area contributed by atoms with Gasteiger partial charge >= 0.3 is 0 Å². The van der Waals surface area contributed by atoms with Crippen molar-refractivity contribution in [3.8, 4) is 16.9 Å². The van der Waals surface area contributed by atoms with E-state index < -0.39 is 0 Å². The van der Waals surface area contributed by atoms with E-state index in [1.807, 2.05) is 87.0 Å². The number of nitrogens with zero attached hydrogens (tertiary/aromatic N) is 3. The van der Waals surface area contributed by atoms with Gasteiger partial charge in [-0.2, -0.15) is 0 Å². The Morgan fingerprint density at radius 3 is 2.24 bits per heavy atom. The summed E-state index contributed by atoms with van der Waals surface area (Å²) >= 11 is 0. The molecule has 2 amide bonds. The molecule has 0 atom stereocenters. The summed E-state index contributed by atoms with van der Waals surface area (Å²) in [4.78, 5) is 32.0. The average molecular weight is 457 g/mol. The monoisotopic (exact) mass is 456 g/mol. The fourth-order valence-electron chi connectivity index (χ4n) is 3.58. The average Bonchev–Trinajstić information content (AvgIpc) is 3.49. The number of anilines is 1. The Kier molecular flexibility index (Phi) is 6.63. The van der Waals surface area contributed by atoms with Crippen LogP contribution in [0, 0.1) is 13.8 Å². The molecule has 2 heterocycles. The van der Waals surface area contributed by atoms with Gasteiger partial charge < -0.3 is 9.32 Å². The molecule has 0 spiro atoms. The lowest BCUT2D eigenvalue weighted by molar-refractivity contribution is -0.117. The van der Waals surface area contributed by atoms with Crippen molar-refractivity contribution in [1.82, 2.24) is 14.5 Å². The van der Waals surface area contributed by atoms with Gasteiger partial charge in [0.25, 0.3) is 5.91 Å². The number of rotatable bonds is 7. The molecule has 0 unspecified atom stereocenters. The molecule has 0 aliphatic heterocycles. The van der Waals surface area contributed by atoms with Crippen LogP contribution in [0.5, 0.6) is 0 Å². The summed E-state index contributed by atoms with van der Waals surface area (Å²) in [6, 6.07) is 19.1. The Bertz CT molecular complexity index is 1270. The Labute approximate surface area is 199 Å². The molecule has 0 radical (unpaired) electrons. The maximum absolute atomic E-state index is 13.0. The molecule has 2 aromatic carbocycles. The van der Waals surface area contributed by atoms with Gasteiger partial charge in [0.1, 0.15) is 6.54 Å². The lowest BCUT2D eigenvalue weighted by atomic mass is 10.1. The zero-order valence-corrected chi connectivity index (χ0v) is 19.8. The largest absolute Gasteiger partial charge is 0.459 e. The first-order chi connectivity index (χ1) is 16.3. The fourth-order valence-corrected chi connectivity index (χ4v) is 3.58. The SMILES string of the molecule is Cc1ccc(-c2cn(-c3ccc(C)cc3)c(NC(=O)CN(C(=O)c3ccco3)C(C)C)n2)cc1. The van der Waals surface area contributed by atoms with E-state index in [1.165, 1.54) is 11.2 Å². The topological polar surface area (TPSA) is 80.4 Å². The number of hydrogen-bond donors (Lipinski definition) is 1. The molecule has 0 aliphatic carbocycles. The number of hydrogen-bond acceptors (Lipinski definition) is 4. The summed E-state index contributed by atoms with van der Waals surface area (Å²) in [5.74, 6) is -0.0942. The highest BCUT2D eigenvalue weighted by molar-refractivity contribution is 5.97. The van der Waals surface area contributed by atoms with Gasteiger partial charge in [-0.1, -0.05) is 47.5 Å². The molecule has 0 saturated heterocycles. The van der Waals surface area contributed by atoms with E-state index in [9.17, 15) is 9.59 Å². The van der Waals surface area contributed by atoms with Gasteiger partial charge in [-0.15, -0.1) is 0 Å². The molecule has 7 heteroatoms. The van der Waals surface area contributed by atoms with E-state index in [4.69, 9.17) is 9.40 Å². The highest BCUT2D eigenvalue weighted by Crippen LogP contribution is 2.25. The van der Waals surface area contributed by atoms with Crippen LogP contribution in [0.15, 0.2) is 77.5 Å². The molecule has 0 bridgehead atoms. The maximum Gasteiger partial charge on any atom is 0.290 e. The van der Waals surface area contributed by atoms with Crippen LogP contribution in [0.25, 0.3) is 16.9 Å². The van der Waals surface area contributed by atoms with Gasteiger partial charge in [0.05, 0.1) is 12.0 Å². The van der Waals surface area contributed by atoms with E-state index in [1.54, 1.807) is 12.1 Å². The molecule has 7 nitrogen and oxygen atoms in total. The van der Waals surface area contributed by atoms with E-state index in [2.05, 4.69) is 5.32 Å². The van der Waals surface area contributed by atoms with Gasteiger partial charge in [0.15, 0.2) is 5.76 Å². The van der Waals surface area contributed by atoms with Crippen LogP contribution < -0.4 is 5.32 Å². The summed E-state index contributed by atoms with van der Waals surface area (Å²) in [7, 11) is 0. The molecule has 0 saturated carbocycles. The number of benzene rings is 2. The first-order valence-electron chi connectivity index (χ1n) is 11.2. The summed E-state index contributed by atoms with van der Waals surface area (Å²) in [6.07, 6.45) is 3.34. The minimum absolute atomic E-state index is 0.127. The van der Waals surface area contributed by atoms with E-state index in [-0.39, 0.29) is 30.2 Å². The van der Waals surface area contributed by atoms with Crippen LogP contribution >= 0.6 is 0 Å². The minimum Gasteiger partial charge on any atom is -0.459 e. The zero-order valence-electron chi connectivity index (χ0n) is 19.8. The van der Waals surface area contributed by atoms with Gasteiger partial charge in [-0.3, -0.25) is 19.5 Å². The number of aromatic nitrogens is 2. The number of nitrogens with one attached hydrogen (secondary N) is 1.